The molecule has 3 fully saturated rings. The fourth-order valence-corrected chi connectivity index (χ4v) is 6.48. The molecule has 2 bridgehead atoms. The molecule has 132 valence electrons. The normalized spacial score (nSPS) is 46.7. The maximum atomic E-state index is 6.35. The minimum atomic E-state index is 0.248. The number of hydrogen-bond acceptors (Lipinski definition) is 2. The highest BCUT2D eigenvalue weighted by molar-refractivity contribution is 5.90. The van der Waals surface area contributed by atoms with E-state index in [1.165, 1.54) is 31.5 Å². The van der Waals surface area contributed by atoms with Crippen molar-refractivity contribution in [2.45, 2.75) is 92.2 Å². The highest BCUT2D eigenvalue weighted by Gasteiger charge is 2.50. The lowest BCUT2D eigenvalue weighted by atomic mass is 9.62. The monoisotopic (exact) mass is 319 g/mol. The van der Waals surface area contributed by atoms with Gasteiger partial charge in [-0.25, -0.2) is 0 Å². The number of nitrogens with two attached hydrogens (primary N) is 1. The third-order valence-electron chi connectivity index (χ3n) is 6.37. The van der Waals surface area contributed by atoms with Gasteiger partial charge >= 0.3 is 0 Å². The molecule has 0 amide bonds. The van der Waals surface area contributed by atoms with Crippen LogP contribution < -0.4 is 11.1 Å². The van der Waals surface area contributed by atoms with E-state index in [0.29, 0.717) is 22.9 Å². The second-order valence-electron chi connectivity index (χ2n) is 11.1. The first-order chi connectivity index (χ1) is 10.4. The van der Waals surface area contributed by atoms with Crippen molar-refractivity contribution in [2.24, 2.45) is 32.4 Å². The summed E-state index contributed by atoms with van der Waals surface area (Å²) in [7, 11) is 0. The van der Waals surface area contributed by atoms with Gasteiger partial charge < -0.3 is 11.1 Å². The summed E-state index contributed by atoms with van der Waals surface area (Å²) in [5.41, 5.74) is 7.64. The Bertz CT molecular complexity index is 507. The Kier molecular flexibility index (Phi) is 3.91. The first-order valence-electron chi connectivity index (χ1n) is 9.48. The van der Waals surface area contributed by atoms with Crippen LogP contribution in [0.2, 0.25) is 0 Å². The predicted molar refractivity (Wildman–Crippen MR) is 98.7 cm³/mol. The van der Waals surface area contributed by atoms with Gasteiger partial charge in [0.2, 0.25) is 0 Å². The van der Waals surface area contributed by atoms with Crippen LogP contribution in [0.3, 0.4) is 0 Å². The second kappa shape index (κ2) is 5.21. The Labute approximate surface area is 142 Å². The molecule has 3 heteroatoms. The number of amidine groups is 1. The predicted octanol–water partition coefficient (Wildman–Crippen LogP) is 4.12. The third kappa shape index (κ3) is 3.60. The van der Waals surface area contributed by atoms with Crippen molar-refractivity contribution < 1.29 is 0 Å². The first kappa shape index (κ1) is 17.3. The zero-order valence-electron chi connectivity index (χ0n) is 16.1. The van der Waals surface area contributed by atoms with Crippen LogP contribution in [0.5, 0.6) is 0 Å². The van der Waals surface area contributed by atoms with E-state index < -0.39 is 0 Å². The number of aliphatic imine (C=N–C) groups is 1. The zero-order chi connectivity index (χ0) is 17.1. The van der Waals surface area contributed by atoms with Crippen molar-refractivity contribution >= 4 is 5.84 Å². The molecule has 3 N–H and O–H groups in total. The van der Waals surface area contributed by atoms with E-state index in [0.717, 1.165) is 19.4 Å². The molecule has 2 saturated carbocycles. The zero-order valence-corrected chi connectivity index (χ0v) is 16.1. The summed E-state index contributed by atoms with van der Waals surface area (Å²) in [6.07, 6.45) is 7.28. The van der Waals surface area contributed by atoms with Gasteiger partial charge in [-0.1, -0.05) is 41.5 Å². The minimum absolute atomic E-state index is 0.248. The summed E-state index contributed by atoms with van der Waals surface area (Å²) in [5.74, 6) is 1.28. The van der Waals surface area contributed by atoms with Gasteiger partial charge in [-0.15, -0.1) is 0 Å². The molecule has 0 radical (unpaired) electrons. The van der Waals surface area contributed by atoms with E-state index in [4.69, 9.17) is 10.7 Å². The summed E-state index contributed by atoms with van der Waals surface area (Å²) in [5, 5.41) is 3.76. The Balaban J connectivity index is 1.75. The van der Waals surface area contributed by atoms with E-state index in [-0.39, 0.29) is 10.8 Å². The summed E-state index contributed by atoms with van der Waals surface area (Å²) in [4.78, 5) is 5.15. The van der Waals surface area contributed by atoms with E-state index in [9.17, 15) is 0 Å². The smallest absolute Gasteiger partial charge is 0.103 e. The molecule has 23 heavy (non-hydrogen) atoms. The van der Waals surface area contributed by atoms with Gasteiger partial charge in [-0.3, -0.25) is 4.99 Å². The van der Waals surface area contributed by atoms with Crippen LogP contribution in [0.4, 0.5) is 0 Å². The van der Waals surface area contributed by atoms with Crippen molar-refractivity contribution in [1.29, 1.82) is 0 Å². The number of fused-ring (bicyclic) bond motifs is 2. The molecular formula is C20H37N3. The van der Waals surface area contributed by atoms with Gasteiger partial charge in [0.15, 0.2) is 0 Å². The van der Waals surface area contributed by atoms with Crippen molar-refractivity contribution in [3.05, 3.63) is 0 Å². The summed E-state index contributed by atoms with van der Waals surface area (Å²) >= 11 is 0. The molecule has 3 nitrogen and oxygen atoms in total. The van der Waals surface area contributed by atoms with Crippen LogP contribution in [0.1, 0.15) is 80.1 Å². The van der Waals surface area contributed by atoms with E-state index >= 15 is 0 Å². The Morgan fingerprint density at radius 3 is 2.26 bits per heavy atom. The van der Waals surface area contributed by atoms with Crippen molar-refractivity contribution in [3.63, 3.8) is 0 Å². The van der Waals surface area contributed by atoms with Crippen molar-refractivity contribution in [2.75, 3.05) is 6.54 Å². The summed E-state index contributed by atoms with van der Waals surface area (Å²) < 4.78 is 0. The SMILES string of the molecule is CC1(C)CC(N)CC(C)(CN=C2NC3CC(C)(C)CC2(C)C3)C1. The number of nitrogens with one attached hydrogen (secondary N) is 1. The fourth-order valence-electron chi connectivity index (χ4n) is 6.48. The van der Waals surface area contributed by atoms with Crippen LogP contribution in [-0.4, -0.2) is 24.5 Å². The lowest BCUT2D eigenvalue weighted by molar-refractivity contribution is 0.0905. The molecule has 4 atom stereocenters. The first-order valence-corrected chi connectivity index (χ1v) is 9.48. The molecule has 1 aliphatic heterocycles. The molecule has 3 rings (SSSR count). The quantitative estimate of drug-likeness (QED) is 0.804. The molecule has 0 spiro atoms. The van der Waals surface area contributed by atoms with Gasteiger partial charge in [0.1, 0.15) is 5.84 Å². The van der Waals surface area contributed by atoms with E-state index in [2.05, 4.69) is 46.9 Å². The fraction of sp³-hybridized carbons (Fsp3) is 0.950. The molecular weight excluding hydrogens is 282 g/mol. The van der Waals surface area contributed by atoms with E-state index in [1.807, 2.05) is 0 Å². The summed E-state index contributed by atoms with van der Waals surface area (Å²) in [6.45, 7) is 15.3. The molecule has 1 saturated heterocycles. The lowest BCUT2D eigenvalue weighted by Crippen LogP contribution is -2.44. The maximum Gasteiger partial charge on any atom is 0.103 e. The van der Waals surface area contributed by atoms with Crippen molar-refractivity contribution in [1.82, 2.24) is 5.32 Å². The Morgan fingerprint density at radius 1 is 0.957 bits per heavy atom. The highest BCUT2D eigenvalue weighted by Crippen LogP contribution is 2.51. The lowest BCUT2D eigenvalue weighted by Gasteiger charge is -2.45. The molecule has 0 aromatic carbocycles. The second-order valence-corrected chi connectivity index (χ2v) is 11.1. The van der Waals surface area contributed by atoms with Gasteiger partial charge in [0.25, 0.3) is 0 Å². The average Bonchev–Trinajstić information content (AvgIpc) is 2.51. The molecule has 0 aromatic heterocycles. The maximum absolute atomic E-state index is 6.35. The number of rotatable bonds is 2. The molecule has 0 aromatic rings. The van der Waals surface area contributed by atoms with Crippen LogP contribution in [0.25, 0.3) is 0 Å². The standard InChI is InChI=1S/C20H37N3/c1-17(2)7-14(21)8-19(5,11-17)13-22-16-20(6)10-15(23-16)9-18(3,4)12-20/h14-15H,7-13,21H2,1-6H3,(H,22,23). The van der Waals surface area contributed by atoms with Crippen LogP contribution >= 0.6 is 0 Å². The topological polar surface area (TPSA) is 50.4 Å². The molecule has 2 aliphatic carbocycles. The van der Waals surface area contributed by atoms with E-state index in [1.54, 1.807) is 0 Å². The third-order valence-corrected chi connectivity index (χ3v) is 6.37. The minimum Gasteiger partial charge on any atom is -0.371 e. The van der Waals surface area contributed by atoms with Gasteiger partial charge in [-0.2, -0.15) is 0 Å². The van der Waals surface area contributed by atoms with Gasteiger partial charge in [0, 0.05) is 24.0 Å². The summed E-state index contributed by atoms with van der Waals surface area (Å²) in [6, 6.07) is 0.953. The molecule has 3 aliphatic rings. The average molecular weight is 320 g/mol. The number of nitrogens with zero attached hydrogens (tertiary/aromatic N) is 1. The van der Waals surface area contributed by atoms with Crippen LogP contribution in [-0.2, 0) is 0 Å². The molecule has 1 heterocycles. The molecule has 4 unspecified atom stereocenters. The van der Waals surface area contributed by atoms with Crippen LogP contribution in [0, 0.1) is 21.7 Å². The van der Waals surface area contributed by atoms with Gasteiger partial charge in [-0.05, 0) is 54.8 Å². The highest BCUT2D eigenvalue weighted by atomic mass is 15.1. The largest absolute Gasteiger partial charge is 0.371 e. The Morgan fingerprint density at radius 2 is 1.61 bits per heavy atom. The van der Waals surface area contributed by atoms with Crippen LogP contribution in [0.15, 0.2) is 4.99 Å². The van der Waals surface area contributed by atoms with Gasteiger partial charge in [0.05, 0.1) is 0 Å². The Hall–Kier alpha value is -0.570. The van der Waals surface area contributed by atoms with Crippen molar-refractivity contribution in [3.8, 4) is 0 Å². The number of hydrogen-bond donors (Lipinski definition) is 2.